The molecule has 4 N–H and O–H groups in total. The molecule has 4 atom stereocenters. The van der Waals surface area contributed by atoms with Gasteiger partial charge in [-0.25, -0.2) is 0 Å². The summed E-state index contributed by atoms with van der Waals surface area (Å²) in [4.78, 5) is 0. The molecule has 0 saturated carbocycles. The van der Waals surface area contributed by atoms with E-state index in [0.717, 1.165) is 0 Å². The molecule has 0 bridgehead atoms. The molecule has 0 aromatic carbocycles. The molecule has 0 aliphatic carbocycles. The molecule has 1 saturated heterocycles. The Morgan fingerprint density at radius 2 is 2.10 bits per heavy atom. The van der Waals surface area contributed by atoms with E-state index in [2.05, 4.69) is 0 Å². The number of ether oxygens (including phenoxy) is 1. The summed E-state index contributed by atoms with van der Waals surface area (Å²) in [5.41, 5.74) is 0. The first-order valence-corrected chi connectivity index (χ1v) is 3.34. The molecule has 1 aliphatic rings. The van der Waals surface area contributed by atoms with Gasteiger partial charge in [-0.05, 0) is 6.92 Å². The number of hydrogen-bond donors (Lipinski definition) is 2. The third-order valence-corrected chi connectivity index (χ3v) is 1.71. The maximum Gasteiger partial charge on any atom is 0.266 e. The van der Waals surface area contributed by atoms with E-state index in [1.165, 1.54) is 0 Å². The Kier molecular flexibility index (Phi) is 2.25. The van der Waals surface area contributed by atoms with Crippen LogP contribution < -0.4 is 0 Å². The maximum absolute atomic E-state index is 9.11. The number of rotatable bonds is 0. The third kappa shape index (κ3) is 1.46. The lowest BCUT2D eigenvalue weighted by Crippen LogP contribution is -2.46. The summed E-state index contributed by atoms with van der Waals surface area (Å²) in [6.07, 6.45) is -2.54. The molecule has 1 heterocycles. The fraction of sp³-hybridized carbons (Fsp3) is 1.00. The first-order valence-electron chi connectivity index (χ1n) is 3.34. The summed E-state index contributed by atoms with van der Waals surface area (Å²) in [6, 6.07) is 0. The Morgan fingerprint density at radius 3 is 2.60 bits per heavy atom. The maximum atomic E-state index is 9.11. The molecule has 4 heteroatoms. The summed E-state index contributed by atoms with van der Waals surface area (Å²) >= 11 is 0. The van der Waals surface area contributed by atoms with Crippen molar-refractivity contribution in [2.45, 2.75) is 37.9 Å². The van der Waals surface area contributed by atoms with Crippen LogP contribution in [0.25, 0.3) is 0 Å². The fourth-order valence-electron chi connectivity index (χ4n) is 1.07. The standard InChI is InChI=1S/C6H12O4/c1-3-6(9)4(7)2-5(8)10-3/h3-9H,2H2,1H3/p+1/t3?,4?,5-,6?/m1/s1. The van der Waals surface area contributed by atoms with Crippen LogP contribution >= 0.6 is 0 Å². The van der Waals surface area contributed by atoms with Crippen molar-refractivity contribution in [2.75, 3.05) is 0 Å². The monoisotopic (exact) mass is 149 g/mol. The largest absolute Gasteiger partial charge is 0.421 e. The zero-order valence-corrected chi connectivity index (χ0v) is 5.82. The van der Waals surface area contributed by atoms with Crippen LogP contribution in [0.4, 0.5) is 0 Å². The van der Waals surface area contributed by atoms with Gasteiger partial charge in [-0.2, -0.15) is 0 Å². The number of aliphatic hydroxyl groups is 2. The highest BCUT2D eigenvalue weighted by Crippen LogP contribution is 2.17. The van der Waals surface area contributed by atoms with Crippen molar-refractivity contribution in [3.63, 3.8) is 0 Å². The van der Waals surface area contributed by atoms with Crippen molar-refractivity contribution in [3.05, 3.63) is 0 Å². The average molecular weight is 149 g/mol. The number of hydrogen-bond acceptors (Lipinski definition) is 3. The van der Waals surface area contributed by atoms with E-state index in [4.69, 9.17) is 20.1 Å². The highest BCUT2D eigenvalue weighted by Gasteiger charge is 2.35. The molecule has 1 fully saturated rings. The lowest BCUT2D eigenvalue weighted by molar-refractivity contribution is -0.226. The molecule has 0 aromatic rings. The minimum absolute atomic E-state index is 0.200. The van der Waals surface area contributed by atoms with Crippen LogP contribution in [0.3, 0.4) is 0 Å². The summed E-state index contributed by atoms with van der Waals surface area (Å²) in [5.74, 6) is 0. The van der Waals surface area contributed by atoms with Gasteiger partial charge in [-0.1, -0.05) is 0 Å². The van der Waals surface area contributed by atoms with Crippen LogP contribution in [0.1, 0.15) is 13.3 Å². The van der Waals surface area contributed by atoms with Gasteiger partial charge in [-0.3, -0.25) is 0 Å². The Labute approximate surface area is 59.1 Å². The molecule has 0 aromatic heterocycles. The molecule has 60 valence electrons. The van der Waals surface area contributed by atoms with Gasteiger partial charge < -0.3 is 20.1 Å². The predicted molar refractivity (Wildman–Crippen MR) is 34.6 cm³/mol. The average Bonchev–Trinajstić information content (AvgIpc) is 1.82. The summed E-state index contributed by atoms with van der Waals surface area (Å²) < 4.78 is 4.93. The third-order valence-electron chi connectivity index (χ3n) is 1.71. The SMILES string of the molecule is CC1O[C@@H]([OH2+])CC(O)C1O. The van der Waals surface area contributed by atoms with Crippen LogP contribution in [0.15, 0.2) is 0 Å². The van der Waals surface area contributed by atoms with Gasteiger partial charge in [0.2, 0.25) is 0 Å². The van der Waals surface area contributed by atoms with Gasteiger partial charge in [0.1, 0.15) is 6.10 Å². The van der Waals surface area contributed by atoms with Gasteiger partial charge in [0.15, 0.2) is 0 Å². The lowest BCUT2D eigenvalue weighted by Gasteiger charge is -2.30. The second-order valence-electron chi connectivity index (χ2n) is 2.62. The fourth-order valence-corrected chi connectivity index (χ4v) is 1.07. The first-order chi connectivity index (χ1) is 4.61. The van der Waals surface area contributed by atoms with Gasteiger partial charge >= 0.3 is 0 Å². The van der Waals surface area contributed by atoms with E-state index >= 15 is 0 Å². The Hall–Kier alpha value is -0.160. The molecule has 0 radical (unpaired) electrons. The molecular weight excluding hydrogens is 136 g/mol. The second kappa shape index (κ2) is 2.84. The Morgan fingerprint density at radius 1 is 1.50 bits per heavy atom. The molecule has 1 rings (SSSR count). The molecule has 3 unspecified atom stereocenters. The summed E-state index contributed by atoms with van der Waals surface area (Å²) in [5, 5.41) is 25.3. The van der Waals surface area contributed by atoms with Crippen LogP contribution in [0.5, 0.6) is 0 Å². The second-order valence-corrected chi connectivity index (χ2v) is 2.62. The minimum Gasteiger partial charge on any atom is -0.421 e. The predicted octanol–water partition coefficient (Wildman–Crippen LogP) is -1.43. The molecule has 0 amide bonds. The van der Waals surface area contributed by atoms with Crippen LogP contribution in [-0.2, 0) is 4.74 Å². The molecule has 1 aliphatic heterocycles. The van der Waals surface area contributed by atoms with E-state index in [1.54, 1.807) is 6.92 Å². The quantitative estimate of drug-likeness (QED) is 0.415. The Bertz CT molecular complexity index is 104. The highest BCUT2D eigenvalue weighted by atomic mass is 16.6. The lowest BCUT2D eigenvalue weighted by atomic mass is 10.0. The van der Waals surface area contributed by atoms with Crippen molar-refractivity contribution in [1.82, 2.24) is 0 Å². The van der Waals surface area contributed by atoms with Gasteiger partial charge in [0, 0.05) is 0 Å². The van der Waals surface area contributed by atoms with Crippen molar-refractivity contribution in [1.29, 1.82) is 0 Å². The van der Waals surface area contributed by atoms with E-state index in [9.17, 15) is 0 Å². The summed E-state index contributed by atoms with van der Waals surface area (Å²) in [6.45, 7) is 1.65. The minimum atomic E-state index is -0.832. The Balaban J connectivity index is 2.49. The molecular formula is C6H13O4+. The van der Waals surface area contributed by atoms with Gasteiger partial charge in [-0.15, -0.1) is 0 Å². The zero-order chi connectivity index (χ0) is 7.72. The highest BCUT2D eigenvalue weighted by molar-refractivity contribution is 4.78. The van der Waals surface area contributed by atoms with Gasteiger partial charge in [0.05, 0.1) is 18.6 Å². The normalized spacial score (nSPS) is 49.2. The smallest absolute Gasteiger partial charge is 0.266 e. The molecule has 10 heavy (non-hydrogen) atoms. The van der Waals surface area contributed by atoms with Gasteiger partial charge in [0.25, 0.3) is 6.29 Å². The van der Waals surface area contributed by atoms with Crippen LogP contribution in [-0.4, -0.2) is 39.9 Å². The van der Waals surface area contributed by atoms with Crippen molar-refractivity contribution in [3.8, 4) is 0 Å². The molecule has 4 nitrogen and oxygen atoms in total. The van der Waals surface area contributed by atoms with E-state index in [1.807, 2.05) is 0 Å². The topological polar surface area (TPSA) is 72.6 Å². The van der Waals surface area contributed by atoms with Crippen LogP contribution in [0, 0.1) is 0 Å². The first kappa shape index (κ1) is 7.94. The van der Waals surface area contributed by atoms with Crippen molar-refractivity contribution >= 4 is 0 Å². The van der Waals surface area contributed by atoms with Crippen LogP contribution in [0.2, 0.25) is 0 Å². The van der Waals surface area contributed by atoms with E-state index in [-0.39, 0.29) is 6.42 Å². The number of aliphatic hydroxyl groups excluding tert-OH is 2. The van der Waals surface area contributed by atoms with Crippen molar-refractivity contribution in [2.24, 2.45) is 0 Å². The van der Waals surface area contributed by atoms with E-state index in [0.29, 0.717) is 0 Å². The molecule has 0 spiro atoms. The van der Waals surface area contributed by atoms with Crippen molar-refractivity contribution < 1.29 is 20.1 Å². The summed E-state index contributed by atoms with van der Waals surface area (Å²) in [7, 11) is 0. The van der Waals surface area contributed by atoms with E-state index < -0.39 is 24.6 Å². The zero-order valence-electron chi connectivity index (χ0n) is 5.82.